The average Bonchev–Trinajstić information content (AvgIpc) is 2.63. The van der Waals surface area contributed by atoms with Gasteiger partial charge in [0, 0.05) is 11.3 Å². The molecule has 26 heavy (non-hydrogen) atoms. The first-order valence-corrected chi connectivity index (χ1v) is 8.08. The standard InChI is InChI=1S/C21H18N2O3/c1-14-6-8-15(9-7-14)18-4-2-3-5-19(18)20(24)23-16-10-12-17(13-11-16)26-21(22)25/h2-13H,1H3,(H2,22,25)(H,23,24). The molecule has 0 spiro atoms. The van der Waals surface area contributed by atoms with Crippen LogP contribution >= 0.6 is 0 Å². The molecule has 5 heteroatoms. The first-order chi connectivity index (χ1) is 12.5. The molecule has 0 aliphatic heterocycles. The molecule has 0 saturated heterocycles. The first kappa shape index (κ1) is 17.2. The van der Waals surface area contributed by atoms with E-state index in [-0.39, 0.29) is 5.91 Å². The summed E-state index contributed by atoms with van der Waals surface area (Å²) < 4.78 is 4.77. The summed E-state index contributed by atoms with van der Waals surface area (Å²) >= 11 is 0. The van der Waals surface area contributed by atoms with Gasteiger partial charge in [-0.3, -0.25) is 4.79 Å². The molecule has 130 valence electrons. The number of amides is 2. The molecule has 0 aromatic heterocycles. The highest BCUT2D eigenvalue weighted by Crippen LogP contribution is 2.25. The van der Waals surface area contributed by atoms with Crippen LogP contribution in [0.15, 0.2) is 72.8 Å². The lowest BCUT2D eigenvalue weighted by Crippen LogP contribution is -2.16. The van der Waals surface area contributed by atoms with Gasteiger partial charge >= 0.3 is 6.09 Å². The van der Waals surface area contributed by atoms with Crippen LogP contribution in [0.2, 0.25) is 0 Å². The Bertz CT molecular complexity index is 932. The van der Waals surface area contributed by atoms with Crippen LogP contribution in [0.3, 0.4) is 0 Å². The Morgan fingerprint density at radius 1 is 0.885 bits per heavy atom. The van der Waals surface area contributed by atoms with Gasteiger partial charge in [0.1, 0.15) is 5.75 Å². The normalized spacial score (nSPS) is 10.2. The zero-order valence-electron chi connectivity index (χ0n) is 14.2. The van der Waals surface area contributed by atoms with Crippen LogP contribution in [0, 0.1) is 6.92 Å². The van der Waals surface area contributed by atoms with E-state index >= 15 is 0 Å². The van der Waals surface area contributed by atoms with Crippen molar-refractivity contribution in [2.24, 2.45) is 5.73 Å². The highest BCUT2D eigenvalue weighted by atomic mass is 16.5. The maximum Gasteiger partial charge on any atom is 0.409 e. The molecule has 3 rings (SSSR count). The van der Waals surface area contributed by atoms with Gasteiger partial charge in [0.15, 0.2) is 0 Å². The molecule has 0 heterocycles. The Morgan fingerprint density at radius 2 is 1.54 bits per heavy atom. The number of benzene rings is 3. The number of nitrogens with two attached hydrogens (primary N) is 1. The van der Waals surface area contributed by atoms with Crippen LogP contribution in [0.25, 0.3) is 11.1 Å². The fraction of sp³-hybridized carbons (Fsp3) is 0.0476. The van der Waals surface area contributed by atoms with E-state index in [1.54, 1.807) is 30.3 Å². The summed E-state index contributed by atoms with van der Waals surface area (Å²) in [5.74, 6) is 0.0975. The molecule has 3 N–H and O–H groups in total. The van der Waals surface area contributed by atoms with Gasteiger partial charge in [-0.25, -0.2) is 4.79 Å². The Hall–Kier alpha value is -3.60. The van der Waals surface area contributed by atoms with Crippen molar-refractivity contribution in [1.29, 1.82) is 0 Å². The molecular weight excluding hydrogens is 328 g/mol. The summed E-state index contributed by atoms with van der Waals surface area (Å²) in [6.07, 6.45) is -0.881. The average molecular weight is 346 g/mol. The summed E-state index contributed by atoms with van der Waals surface area (Å²) in [7, 11) is 0. The van der Waals surface area contributed by atoms with Gasteiger partial charge in [-0.1, -0.05) is 48.0 Å². The van der Waals surface area contributed by atoms with Crippen LogP contribution in [-0.4, -0.2) is 12.0 Å². The molecule has 0 aliphatic rings. The third-order valence-electron chi connectivity index (χ3n) is 3.86. The molecule has 5 nitrogen and oxygen atoms in total. The van der Waals surface area contributed by atoms with Crippen LogP contribution < -0.4 is 15.8 Å². The minimum atomic E-state index is -0.881. The summed E-state index contributed by atoms with van der Waals surface area (Å²) in [4.78, 5) is 23.5. The maximum atomic E-state index is 12.7. The number of carbonyl (C=O) groups excluding carboxylic acids is 2. The minimum absolute atomic E-state index is 0.218. The predicted octanol–water partition coefficient (Wildman–Crippen LogP) is 4.37. The van der Waals surface area contributed by atoms with Crippen molar-refractivity contribution >= 4 is 17.7 Å². The van der Waals surface area contributed by atoms with Crippen molar-refractivity contribution in [1.82, 2.24) is 0 Å². The topological polar surface area (TPSA) is 81.4 Å². The lowest BCUT2D eigenvalue weighted by Gasteiger charge is -2.11. The molecule has 0 saturated carbocycles. The van der Waals surface area contributed by atoms with Crippen LogP contribution in [0.4, 0.5) is 10.5 Å². The second kappa shape index (κ2) is 7.53. The number of ether oxygens (including phenoxy) is 1. The van der Waals surface area contributed by atoms with E-state index in [9.17, 15) is 9.59 Å². The van der Waals surface area contributed by atoms with Gasteiger partial charge in [-0.15, -0.1) is 0 Å². The van der Waals surface area contributed by atoms with Crippen LogP contribution in [0.5, 0.6) is 5.75 Å². The SMILES string of the molecule is Cc1ccc(-c2ccccc2C(=O)Nc2ccc(OC(N)=O)cc2)cc1. The van der Waals surface area contributed by atoms with Crippen molar-refractivity contribution in [3.8, 4) is 16.9 Å². The molecule has 0 radical (unpaired) electrons. The number of nitrogens with one attached hydrogen (secondary N) is 1. The number of carbonyl (C=O) groups is 2. The zero-order valence-corrected chi connectivity index (χ0v) is 14.2. The molecule has 0 fully saturated rings. The molecule has 0 atom stereocenters. The fourth-order valence-electron chi connectivity index (χ4n) is 2.59. The van der Waals surface area contributed by atoms with E-state index in [1.807, 2.05) is 49.4 Å². The molecule has 2 amide bonds. The van der Waals surface area contributed by atoms with Crippen molar-refractivity contribution < 1.29 is 14.3 Å². The number of anilines is 1. The third kappa shape index (κ3) is 4.08. The summed E-state index contributed by atoms with van der Waals surface area (Å²) in [6, 6.07) is 21.9. The first-order valence-electron chi connectivity index (χ1n) is 8.08. The van der Waals surface area contributed by atoms with Crippen molar-refractivity contribution in [3.63, 3.8) is 0 Å². The van der Waals surface area contributed by atoms with Crippen LogP contribution in [0.1, 0.15) is 15.9 Å². The minimum Gasteiger partial charge on any atom is -0.411 e. The maximum absolute atomic E-state index is 12.7. The van der Waals surface area contributed by atoms with Gasteiger partial charge in [0.25, 0.3) is 5.91 Å². The molecule has 3 aromatic carbocycles. The van der Waals surface area contributed by atoms with Crippen molar-refractivity contribution in [2.75, 3.05) is 5.32 Å². The summed E-state index contributed by atoms with van der Waals surface area (Å²) in [6.45, 7) is 2.02. The van der Waals surface area contributed by atoms with Crippen LogP contribution in [-0.2, 0) is 0 Å². The van der Waals surface area contributed by atoms with E-state index in [2.05, 4.69) is 5.32 Å². The number of hydrogen-bond donors (Lipinski definition) is 2. The van der Waals surface area contributed by atoms with Gasteiger partial charge in [-0.05, 0) is 48.4 Å². The Kier molecular flexibility index (Phi) is 4.99. The van der Waals surface area contributed by atoms with Gasteiger partial charge in [0.2, 0.25) is 0 Å². The van der Waals surface area contributed by atoms with Crippen molar-refractivity contribution in [2.45, 2.75) is 6.92 Å². The monoisotopic (exact) mass is 346 g/mol. The van der Waals surface area contributed by atoms with E-state index in [4.69, 9.17) is 10.5 Å². The third-order valence-corrected chi connectivity index (χ3v) is 3.86. The molecular formula is C21H18N2O3. The summed E-state index contributed by atoms with van der Waals surface area (Å²) in [5, 5.41) is 2.85. The number of primary amides is 1. The lowest BCUT2D eigenvalue weighted by atomic mass is 9.98. The second-order valence-corrected chi connectivity index (χ2v) is 5.81. The van der Waals surface area contributed by atoms with E-state index in [0.29, 0.717) is 17.0 Å². The summed E-state index contributed by atoms with van der Waals surface area (Å²) in [5.41, 5.74) is 9.13. The highest BCUT2D eigenvalue weighted by Gasteiger charge is 2.12. The van der Waals surface area contributed by atoms with Gasteiger partial charge in [0.05, 0.1) is 0 Å². The Balaban J connectivity index is 1.82. The lowest BCUT2D eigenvalue weighted by molar-refractivity contribution is 0.102. The quantitative estimate of drug-likeness (QED) is 0.736. The van der Waals surface area contributed by atoms with Gasteiger partial charge < -0.3 is 15.8 Å². The Labute approximate surface area is 151 Å². The van der Waals surface area contributed by atoms with Crippen molar-refractivity contribution in [3.05, 3.63) is 83.9 Å². The predicted molar refractivity (Wildman–Crippen MR) is 101 cm³/mol. The smallest absolute Gasteiger partial charge is 0.409 e. The zero-order chi connectivity index (χ0) is 18.5. The highest BCUT2D eigenvalue weighted by molar-refractivity contribution is 6.08. The molecule has 0 aliphatic carbocycles. The van der Waals surface area contributed by atoms with E-state index < -0.39 is 6.09 Å². The molecule has 3 aromatic rings. The molecule has 0 unspecified atom stereocenters. The number of hydrogen-bond acceptors (Lipinski definition) is 3. The second-order valence-electron chi connectivity index (χ2n) is 5.81. The number of aryl methyl sites for hydroxylation is 1. The fourth-order valence-corrected chi connectivity index (χ4v) is 2.59. The Morgan fingerprint density at radius 3 is 2.19 bits per heavy atom. The number of rotatable bonds is 4. The van der Waals surface area contributed by atoms with E-state index in [1.165, 1.54) is 0 Å². The van der Waals surface area contributed by atoms with Gasteiger partial charge in [-0.2, -0.15) is 0 Å². The van der Waals surface area contributed by atoms with E-state index in [0.717, 1.165) is 16.7 Å². The largest absolute Gasteiger partial charge is 0.411 e. The molecule has 0 bridgehead atoms.